The second-order valence-electron chi connectivity index (χ2n) is 4.59. The minimum absolute atomic E-state index is 0.0107. The summed E-state index contributed by atoms with van der Waals surface area (Å²) in [6, 6.07) is 18.5. The molecule has 2 rings (SSSR count). The molecule has 2 aromatic carbocycles. The third-order valence-electron chi connectivity index (χ3n) is 3.12. The number of nitrogens with zero attached hydrogens (tertiary/aromatic N) is 1. The van der Waals surface area contributed by atoms with Gasteiger partial charge in [0.1, 0.15) is 11.8 Å². The molecule has 0 fully saturated rings. The lowest BCUT2D eigenvalue weighted by Crippen LogP contribution is -2.18. The third-order valence-corrected chi connectivity index (χ3v) is 3.12. The molecular weight excluding hydrogens is 264 g/mol. The molecule has 0 saturated carbocycles. The number of carbonyl (C=O) groups excluding carboxylic acids is 1. The Labute approximate surface area is 124 Å². The molecule has 4 nitrogen and oxygen atoms in total. The zero-order valence-corrected chi connectivity index (χ0v) is 11.7. The molecule has 0 bridgehead atoms. The van der Waals surface area contributed by atoms with E-state index < -0.39 is 0 Å². The molecule has 0 spiro atoms. The molecule has 1 unspecified atom stereocenters. The topological polar surface area (TPSA) is 62.1 Å². The van der Waals surface area contributed by atoms with Gasteiger partial charge in [0, 0.05) is 5.69 Å². The van der Waals surface area contributed by atoms with Gasteiger partial charge in [-0.05, 0) is 36.8 Å². The number of hydrogen-bond acceptors (Lipinski definition) is 3. The fourth-order valence-electron chi connectivity index (χ4n) is 1.89. The van der Waals surface area contributed by atoms with Crippen molar-refractivity contribution >= 4 is 11.6 Å². The van der Waals surface area contributed by atoms with E-state index >= 15 is 0 Å². The summed E-state index contributed by atoms with van der Waals surface area (Å²) < 4.78 is 5.16. The highest BCUT2D eigenvalue weighted by Crippen LogP contribution is 2.19. The van der Waals surface area contributed by atoms with Gasteiger partial charge in [-0.3, -0.25) is 4.79 Å². The molecule has 21 heavy (non-hydrogen) atoms. The lowest BCUT2D eigenvalue weighted by atomic mass is 10.0. The van der Waals surface area contributed by atoms with Gasteiger partial charge in [0.2, 0.25) is 5.91 Å². The second-order valence-corrected chi connectivity index (χ2v) is 4.59. The Hall–Kier alpha value is -2.80. The number of nitrogens with one attached hydrogen (secondary N) is 1. The average molecular weight is 280 g/mol. The summed E-state index contributed by atoms with van der Waals surface area (Å²) in [4.78, 5) is 12.2. The number of nitriles is 1. The summed E-state index contributed by atoms with van der Waals surface area (Å²) >= 11 is 0. The van der Waals surface area contributed by atoms with Gasteiger partial charge in [0.25, 0.3) is 0 Å². The molecule has 0 aliphatic carbocycles. The maximum atomic E-state index is 12.2. The van der Waals surface area contributed by atoms with Crippen LogP contribution in [0.15, 0.2) is 54.6 Å². The van der Waals surface area contributed by atoms with Crippen LogP contribution in [0.4, 0.5) is 5.69 Å². The molecule has 0 saturated heterocycles. The normalized spacial score (nSPS) is 11.2. The summed E-state index contributed by atoms with van der Waals surface area (Å²) in [5.41, 5.74) is 1.68. The molecule has 1 atom stereocenters. The van der Waals surface area contributed by atoms with Crippen LogP contribution in [-0.2, 0) is 4.79 Å². The van der Waals surface area contributed by atoms with E-state index in [2.05, 4.69) is 5.32 Å². The van der Waals surface area contributed by atoms with Crippen molar-refractivity contribution in [2.45, 2.75) is 12.8 Å². The van der Waals surface area contributed by atoms with E-state index in [1.54, 1.807) is 24.3 Å². The van der Waals surface area contributed by atoms with E-state index in [1.165, 1.54) is 0 Å². The van der Waals surface area contributed by atoms with Gasteiger partial charge in [-0.2, -0.15) is 5.26 Å². The monoisotopic (exact) mass is 280 g/mol. The zero-order chi connectivity index (χ0) is 15.1. The first-order valence-corrected chi connectivity index (χ1v) is 6.66. The van der Waals surface area contributed by atoms with Crippen molar-refractivity contribution in [2.24, 2.45) is 0 Å². The van der Waals surface area contributed by atoms with E-state index in [1.807, 2.05) is 43.3 Å². The first kappa shape index (κ1) is 14.6. The number of carbonyl (C=O) groups is 1. The third kappa shape index (κ3) is 4.08. The molecule has 0 heterocycles. The summed E-state index contributed by atoms with van der Waals surface area (Å²) in [5.74, 6) is 0.318. The Balaban J connectivity index is 1.98. The van der Waals surface area contributed by atoms with Crippen molar-refractivity contribution in [1.82, 2.24) is 0 Å². The van der Waals surface area contributed by atoms with Crippen LogP contribution in [-0.4, -0.2) is 12.5 Å². The van der Waals surface area contributed by atoms with Crippen molar-refractivity contribution in [1.29, 1.82) is 5.26 Å². The van der Waals surface area contributed by atoms with Crippen LogP contribution in [0, 0.1) is 11.3 Å². The molecule has 2 aromatic rings. The van der Waals surface area contributed by atoms with Gasteiger partial charge in [0.15, 0.2) is 6.61 Å². The quantitative estimate of drug-likeness (QED) is 0.913. The van der Waals surface area contributed by atoms with Crippen LogP contribution >= 0.6 is 0 Å². The van der Waals surface area contributed by atoms with Crippen molar-refractivity contribution in [2.75, 3.05) is 11.9 Å². The number of rotatable bonds is 5. The van der Waals surface area contributed by atoms with Gasteiger partial charge < -0.3 is 10.1 Å². The number of benzene rings is 2. The fourth-order valence-corrected chi connectivity index (χ4v) is 1.89. The molecule has 0 radical (unpaired) electrons. The van der Waals surface area contributed by atoms with E-state index in [0.717, 1.165) is 5.56 Å². The number of ether oxygens (including phenoxy) is 1. The average Bonchev–Trinajstić information content (AvgIpc) is 2.54. The highest BCUT2D eigenvalue weighted by molar-refractivity contribution is 5.95. The summed E-state index contributed by atoms with van der Waals surface area (Å²) in [7, 11) is 0. The molecule has 0 aliphatic heterocycles. The summed E-state index contributed by atoms with van der Waals surface area (Å²) in [6.45, 7) is 1.88. The van der Waals surface area contributed by atoms with E-state index in [9.17, 15) is 4.79 Å². The fraction of sp³-hybridized carbons (Fsp3) is 0.176. The van der Waals surface area contributed by atoms with Crippen molar-refractivity contribution in [3.63, 3.8) is 0 Å². The molecule has 0 aliphatic rings. The maximum Gasteiger partial charge on any atom is 0.231 e. The highest BCUT2D eigenvalue weighted by atomic mass is 16.5. The Kier molecular flexibility index (Phi) is 4.94. The largest absolute Gasteiger partial charge is 0.479 e. The van der Waals surface area contributed by atoms with Gasteiger partial charge >= 0.3 is 0 Å². The van der Waals surface area contributed by atoms with Crippen LogP contribution < -0.4 is 10.1 Å². The lowest BCUT2D eigenvalue weighted by Gasteiger charge is -2.12. The first-order valence-electron chi connectivity index (χ1n) is 6.66. The van der Waals surface area contributed by atoms with Crippen molar-refractivity contribution in [3.05, 3.63) is 60.2 Å². The Morgan fingerprint density at radius 2 is 1.86 bits per heavy atom. The van der Waals surface area contributed by atoms with E-state index in [4.69, 9.17) is 10.00 Å². The lowest BCUT2D eigenvalue weighted by molar-refractivity contribution is -0.117. The minimum atomic E-state index is -0.222. The smallest absolute Gasteiger partial charge is 0.231 e. The van der Waals surface area contributed by atoms with E-state index in [0.29, 0.717) is 11.4 Å². The predicted octanol–water partition coefficient (Wildman–Crippen LogP) is 3.33. The highest BCUT2D eigenvalue weighted by Gasteiger charge is 2.14. The van der Waals surface area contributed by atoms with Gasteiger partial charge in [-0.1, -0.05) is 30.3 Å². The molecule has 1 amide bonds. The van der Waals surface area contributed by atoms with Crippen LogP contribution in [0.3, 0.4) is 0 Å². The van der Waals surface area contributed by atoms with Crippen LogP contribution in [0.1, 0.15) is 18.4 Å². The molecule has 4 heteroatoms. The zero-order valence-electron chi connectivity index (χ0n) is 11.7. The Morgan fingerprint density at radius 1 is 1.19 bits per heavy atom. The first-order chi connectivity index (χ1) is 10.2. The van der Waals surface area contributed by atoms with E-state index in [-0.39, 0.29) is 18.4 Å². The van der Waals surface area contributed by atoms with Gasteiger partial charge in [-0.15, -0.1) is 0 Å². The molecule has 106 valence electrons. The standard InChI is InChI=1S/C17H16N2O2/c1-13(14-5-3-2-4-6-14)17(20)19-15-7-9-16(10-8-15)21-12-11-18/h2-10,13H,12H2,1H3,(H,19,20). The molecule has 1 N–H and O–H groups in total. The van der Waals surface area contributed by atoms with Crippen LogP contribution in [0.2, 0.25) is 0 Å². The summed E-state index contributed by atoms with van der Waals surface area (Å²) in [6.07, 6.45) is 0. The van der Waals surface area contributed by atoms with Crippen LogP contribution in [0.25, 0.3) is 0 Å². The maximum absolute atomic E-state index is 12.2. The Bertz CT molecular complexity index is 630. The molecule has 0 aromatic heterocycles. The van der Waals surface area contributed by atoms with Gasteiger partial charge in [0.05, 0.1) is 5.92 Å². The number of hydrogen-bond donors (Lipinski definition) is 1. The van der Waals surface area contributed by atoms with Crippen molar-refractivity contribution in [3.8, 4) is 11.8 Å². The van der Waals surface area contributed by atoms with Crippen molar-refractivity contribution < 1.29 is 9.53 Å². The number of anilines is 1. The molecular formula is C17H16N2O2. The number of amides is 1. The van der Waals surface area contributed by atoms with Gasteiger partial charge in [-0.25, -0.2) is 0 Å². The predicted molar refractivity (Wildman–Crippen MR) is 81.0 cm³/mol. The minimum Gasteiger partial charge on any atom is -0.479 e. The SMILES string of the molecule is CC(C(=O)Nc1ccc(OCC#N)cc1)c1ccccc1. The summed E-state index contributed by atoms with van der Waals surface area (Å²) in [5, 5.41) is 11.3. The second kappa shape index (κ2) is 7.11. The van der Waals surface area contributed by atoms with Crippen LogP contribution in [0.5, 0.6) is 5.75 Å². The Morgan fingerprint density at radius 3 is 2.48 bits per heavy atom.